The van der Waals surface area contributed by atoms with Gasteiger partial charge in [0.2, 0.25) is 5.91 Å². The monoisotopic (exact) mass is 253 g/mol. The van der Waals surface area contributed by atoms with Crippen molar-refractivity contribution >= 4 is 5.91 Å². The fraction of sp³-hybridized carbons (Fsp3) is 0.929. The van der Waals surface area contributed by atoms with E-state index in [1.165, 1.54) is 25.9 Å². The van der Waals surface area contributed by atoms with Crippen LogP contribution in [0.1, 0.15) is 32.6 Å². The number of rotatable bonds is 4. The van der Waals surface area contributed by atoms with Gasteiger partial charge >= 0.3 is 0 Å². The number of nitrogens with one attached hydrogen (secondary N) is 1. The zero-order valence-electron chi connectivity index (χ0n) is 11.8. The highest BCUT2D eigenvalue weighted by molar-refractivity contribution is 5.76. The van der Waals surface area contributed by atoms with Crippen molar-refractivity contribution in [1.82, 2.24) is 15.1 Å². The predicted octanol–water partition coefficient (Wildman–Crippen LogP) is 0.929. The van der Waals surface area contributed by atoms with E-state index in [-0.39, 0.29) is 0 Å². The molecule has 4 nitrogen and oxygen atoms in total. The molecule has 0 bridgehead atoms. The summed E-state index contributed by atoms with van der Waals surface area (Å²) in [5, 5.41) is 3.33. The number of piperazine rings is 1. The lowest BCUT2D eigenvalue weighted by Gasteiger charge is -2.34. The lowest BCUT2D eigenvalue weighted by Crippen LogP contribution is -2.52. The number of nitrogens with zero attached hydrogens (tertiary/aromatic N) is 2. The van der Waals surface area contributed by atoms with Gasteiger partial charge in [-0.15, -0.1) is 0 Å². The molecule has 2 saturated heterocycles. The predicted molar refractivity (Wildman–Crippen MR) is 73.5 cm³/mol. The summed E-state index contributed by atoms with van der Waals surface area (Å²) in [4.78, 5) is 16.6. The van der Waals surface area contributed by atoms with Gasteiger partial charge in [0.25, 0.3) is 0 Å². The summed E-state index contributed by atoms with van der Waals surface area (Å²) < 4.78 is 0. The Balaban J connectivity index is 1.65. The maximum Gasteiger partial charge on any atom is 0.222 e. The molecule has 18 heavy (non-hydrogen) atoms. The molecule has 2 unspecified atom stereocenters. The first-order chi connectivity index (χ1) is 8.66. The van der Waals surface area contributed by atoms with Crippen LogP contribution in [0.2, 0.25) is 0 Å². The Morgan fingerprint density at radius 3 is 2.89 bits per heavy atom. The van der Waals surface area contributed by atoms with E-state index in [1.54, 1.807) is 0 Å². The molecule has 1 N–H and O–H groups in total. The topological polar surface area (TPSA) is 35.6 Å². The van der Waals surface area contributed by atoms with Gasteiger partial charge < -0.3 is 15.1 Å². The molecule has 0 aromatic carbocycles. The standard InChI is InChI=1S/C14H27N3O/c1-12-10-15-7-9-17(12)14(18)5-3-4-13-6-8-16(2)11-13/h12-13,15H,3-11H2,1-2H3. The van der Waals surface area contributed by atoms with Crippen molar-refractivity contribution in [2.45, 2.75) is 38.6 Å². The first kappa shape index (κ1) is 13.8. The van der Waals surface area contributed by atoms with Crippen LogP contribution >= 0.6 is 0 Å². The Labute approximate surface area is 111 Å². The first-order valence-electron chi connectivity index (χ1n) is 7.35. The summed E-state index contributed by atoms with van der Waals surface area (Å²) in [7, 11) is 2.19. The van der Waals surface area contributed by atoms with Crippen LogP contribution < -0.4 is 5.32 Å². The minimum absolute atomic E-state index is 0.357. The van der Waals surface area contributed by atoms with Crippen molar-refractivity contribution in [3.63, 3.8) is 0 Å². The van der Waals surface area contributed by atoms with Crippen LogP contribution in [-0.2, 0) is 4.79 Å². The van der Waals surface area contributed by atoms with Crippen LogP contribution in [0.4, 0.5) is 0 Å². The summed E-state index contributed by atoms with van der Waals surface area (Å²) in [6.45, 7) is 7.36. The number of carbonyl (C=O) groups is 1. The van der Waals surface area contributed by atoms with Gasteiger partial charge in [0, 0.05) is 38.6 Å². The highest BCUT2D eigenvalue weighted by Crippen LogP contribution is 2.20. The quantitative estimate of drug-likeness (QED) is 0.809. The van der Waals surface area contributed by atoms with Gasteiger partial charge in [-0.3, -0.25) is 4.79 Å². The Kier molecular flexibility index (Phi) is 5.01. The van der Waals surface area contributed by atoms with Gasteiger partial charge in [0.1, 0.15) is 0 Å². The Morgan fingerprint density at radius 2 is 2.22 bits per heavy atom. The molecule has 0 aliphatic carbocycles. The van der Waals surface area contributed by atoms with Crippen LogP contribution in [0, 0.1) is 5.92 Å². The molecule has 2 atom stereocenters. The molecule has 0 radical (unpaired) electrons. The molecule has 2 aliphatic rings. The highest BCUT2D eigenvalue weighted by Gasteiger charge is 2.23. The second kappa shape index (κ2) is 6.53. The second-order valence-corrected chi connectivity index (χ2v) is 5.95. The molecule has 0 spiro atoms. The van der Waals surface area contributed by atoms with Crippen molar-refractivity contribution < 1.29 is 4.79 Å². The first-order valence-corrected chi connectivity index (χ1v) is 7.35. The van der Waals surface area contributed by atoms with Crippen LogP contribution in [0.3, 0.4) is 0 Å². The molecule has 2 fully saturated rings. The number of hydrogen-bond donors (Lipinski definition) is 1. The molecule has 4 heteroatoms. The van der Waals surface area contributed by atoms with Crippen molar-refractivity contribution in [2.75, 3.05) is 39.8 Å². The van der Waals surface area contributed by atoms with Crippen molar-refractivity contribution in [3.05, 3.63) is 0 Å². The SMILES string of the molecule is CC1CNCCN1C(=O)CCCC1CCN(C)C1. The average Bonchev–Trinajstić information content (AvgIpc) is 2.75. The molecule has 104 valence electrons. The van der Waals surface area contributed by atoms with E-state index in [0.717, 1.165) is 38.4 Å². The van der Waals surface area contributed by atoms with Crippen LogP contribution in [0.15, 0.2) is 0 Å². The Hall–Kier alpha value is -0.610. The van der Waals surface area contributed by atoms with E-state index in [2.05, 4.69) is 29.1 Å². The van der Waals surface area contributed by atoms with E-state index >= 15 is 0 Å². The second-order valence-electron chi connectivity index (χ2n) is 5.95. The molecule has 1 amide bonds. The van der Waals surface area contributed by atoms with Gasteiger partial charge in [-0.1, -0.05) is 0 Å². The lowest BCUT2D eigenvalue weighted by molar-refractivity contribution is -0.134. The molecule has 2 rings (SSSR count). The van der Waals surface area contributed by atoms with E-state index in [9.17, 15) is 4.79 Å². The summed E-state index contributed by atoms with van der Waals surface area (Å²) in [5.41, 5.74) is 0. The van der Waals surface area contributed by atoms with Gasteiger partial charge in [-0.05, 0) is 45.7 Å². The fourth-order valence-corrected chi connectivity index (χ4v) is 3.16. The Bertz CT molecular complexity index is 282. The van der Waals surface area contributed by atoms with Gasteiger partial charge in [-0.2, -0.15) is 0 Å². The average molecular weight is 253 g/mol. The van der Waals surface area contributed by atoms with Crippen LogP contribution in [0.5, 0.6) is 0 Å². The third-order valence-corrected chi connectivity index (χ3v) is 4.31. The van der Waals surface area contributed by atoms with Crippen LogP contribution in [-0.4, -0.2) is 61.5 Å². The molecule has 0 saturated carbocycles. The minimum Gasteiger partial charge on any atom is -0.337 e. The van der Waals surface area contributed by atoms with Gasteiger partial charge in [0.15, 0.2) is 0 Å². The molecular weight excluding hydrogens is 226 g/mol. The molecule has 0 aromatic rings. The zero-order valence-corrected chi connectivity index (χ0v) is 11.8. The van der Waals surface area contributed by atoms with Crippen molar-refractivity contribution in [1.29, 1.82) is 0 Å². The maximum absolute atomic E-state index is 12.1. The number of amides is 1. The summed E-state index contributed by atoms with van der Waals surface area (Å²) >= 11 is 0. The van der Waals surface area contributed by atoms with Crippen LogP contribution in [0.25, 0.3) is 0 Å². The fourth-order valence-electron chi connectivity index (χ4n) is 3.16. The molecule has 2 heterocycles. The third kappa shape index (κ3) is 3.69. The zero-order chi connectivity index (χ0) is 13.0. The molecule has 0 aromatic heterocycles. The van der Waals surface area contributed by atoms with E-state index in [0.29, 0.717) is 11.9 Å². The summed E-state index contributed by atoms with van der Waals surface area (Å²) in [5.74, 6) is 1.18. The minimum atomic E-state index is 0.357. The normalized spacial score (nSPS) is 29.8. The summed E-state index contributed by atoms with van der Waals surface area (Å²) in [6, 6.07) is 0.365. The maximum atomic E-state index is 12.1. The number of hydrogen-bond acceptors (Lipinski definition) is 3. The van der Waals surface area contributed by atoms with Crippen molar-refractivity contribution in [3.8, 4) is 0 Å². The summed E-state index contributed by atoms with van der Waals surface area (Å²) in [6.07, 6.45) is 4.34. The largest absolute Gasteiger partial charge is 0.337 e. The lowest BCUT2D eigenvalue weighted by atomic mass is 10.0. The van der Waals surface area contributed by atoms with E-state index in [4.69, 9.17) is 0 Å². The van der Waals surface area contributed by atoms with Gasteiger partial charge in [0.05, 0.1) is 0 Å². The Morgan fingerprint density at radius 1 is 1.39 bits per heavy atom. The number of carbonyl (C=O) groups excluding carboxylic acids is 1. The van der Waals surface area contributed by atoms with E-state index < -0.39 is 0 Å². The highest BCUT2D eigenvalue weighted by atomic mass is 16.2. The number of likely N-dealkylation sites (tertiary alicyclic amines) is 1. The van der Waals surface area contributed by atoms with Crippen molar-refractivity contribution in [2.24, 2.45) is 5.92 Å². The smallest absolute Gasteiger partial charge is 0.222 e. The van der Waals surface area contributed by atoms with E-state index in [1.807, 2.05) is 0 Å². The van der Waals surface area contributed by atoms with Gasteiger partial charge in [-0.25, -0.2) is 0 Å². The molecular formula is C14H27N3O. The molecule has 2 aliphatic heterocycles. The third-order valence-electron chi connectivity index (χ3n) is 4.31.